The first-order valence-corrected chi connectivity index (χ1v) is 39.7. The number of benzene rings is 11. The lowest BCUT2D eigenvalue weighted by atomic mass is 9.84. The summed E-state index contributed by atoms with van der Waals surface area (Å²) in [5.74, 6) is 1.23. The normalized spacial score (nSPS) is 11.9. The molecule has 0 aromatic heterocycles. The van der Waals surface area contributed by atoms with Crippen LogP contribution in [0.4, 0.5) is 34.1 Å². The molecule has 11 rings (SSSR count). The summed E-state index contributed by atoms with van der Waals surface area (Å²) in [6.45, 7) is 31.8. The Bertz CT molecular complexity index is 4560. The van der Waals surface area contributed by atoms with E-state index < -0.39 is 0 Å². The predicted molar refractivity (Wildman–Crippen MR) is 453 cm³/mol. The Balaban J connectivity index is 0.982. The topological polar surface area (TPSA) is 58.5 Å². The summed E-state index contributed by atoms with van der Waals surface area (Å²) in [4.78, 5) is 4.89. The summed E-state index contributed by atoms with van der Waals surface area (Å²) < 4.78 is 0. The second kappa shape index (κ2) is 34.7. The molecule has 0 amide bonds. The van der Waals surface area contributed by atoms with Crippen LogP contribution in [-0.2, 0) is 36.8 Å². The van der Waals surface area contributed by atoms with Crippen molar-refractivity contribution < 1.29 is 0 Å². The molecule has 11 aromatic carbocycles. The molecule has 0 aliphatic carbocycles. The van der Waals surface area contributed by atoms with Gasteiger partial charge in [-0.2, -0.15) is 0 Å². The van der Waals surface area contributed by atoms with Crippen LogP contribution in [0.1, 0.15) is 202 Å². The Hall–Kier alpha value is -9.06. The zero-order chi connectivity index (χ0) is 73.7. The van der Waals surface area contributed by atoms with Crippen molar-refractivity contribution >= 4 is 34.1 Å². The van der Waals surface area contributed by atoms with E-state index in [2.05, 4.69) is 337 Å². The van der Waals surface area contributed by atoms with Gasteiger partial charge in [0.2, 0.25) is 0 Å². The molecule has 0 saturated heterocycles. The van der Waals surface area contributed by atoms with Crippen LogP contribution < -0.4 is 21.3 Å². The number of nitrogens with zero attached hydrogens (tertiary/aromatic N) is 2. The Morgan fingerprint density at radius 1 is 0.288 bits per heavy atom. The lowest BCUT2D eigenvalue weighted by Gasteiger charge is -2.28. The second-order valence-electron chi connectivity index (χ2n) is 31.0. The molecule has 4 N–H and O–H groups in total. The van der Waals surface area contributed by atoms with Crippen molar-refractivity contribution in [2.45, 2.75) is 211 Å². The Morgan fingerprint density at radius 2 is 0.587 bits per heavy atom. The Morgan fingerprint density at radius 3 is 0.894 bits per heavy atom. The first-order valence-electron chi connectivity index (χ1n) is 39.7. The quantitative estimate of drug-likeness (QED) is 0.0413. The lowest BCUT2D eigenvalue weighted by molar-refractivity contribution is 0.413. The molecule has 0 radical (unpaired) electrons. The minimum absolute atomic E-state index is 0.319. The summed E-state index contributed by atoms with van der Waals surface area (Å²) in [6.07, 6.45) is 17.4. The van der Waals surface area contributed by atoms with Gasteiger partial charge in [0.15, 0.2) is 0 Å². The van der Waals surface area contributed by atoms with E-state index >= 15 is 0 Å². The van der Waals surface area contributed by atoms with Gasteiger partial charge in [0, 0.05) is 45.2 Å². The Kier molecular flexibility index (Phi) is 25.4. The number of rotatable bonds is 32. The standard InChI is InChI=1S/C100H118N4/c1-15-21-23-25-27-84-68-97(95-60-58-93(66-72(95)12)104(90-53-41-82(42-54-90)79-35-47-87(48-36-79)100(102,19-5)20-6)91-55-43-83(44-56-91)98-73(13)63-76(62-70(9)10)64-74(98)14)85(28-26-24-22-16-2)67-96(84)94-59-57-92(65-71(94)11)103(88-49-37-80(38-50-88)77-31-29-75(30-32-77)61-69(7)8)89-51-39-81(40-52-89)78-33-45-86(46-34-78)99(101,17-3)18-4/h29-60,63-70H,15-28,61-62,101-102H2,1-14H3. The number of hydrogen-bond donors (Lipinski definition) is 2. The highest BCUT2D eigenvalue weighted by molar-refractivity contribution is 5.87. The third-order valence-corrected chi connectivity index (χ3v) is 22.5. The van der Waals surface area contributed by atoms with Gasteiger partial charge in [-0.15, -0.1) is 0 Å². The van der Waals surface area contributed by atoms with Gasteiger partial charge in [0.25, 0.3) is 0 Å². The van der Waals surface area contributed by atoms with Gasteiger partial charge in [0.1, 0.15) is 0 Å². The van der Waals surface area contributed by atoms with Gasteiger partial charge in [-0.1, -0.05) is 265 Å². The number of nitrogens with two attached hydrogens (primary N) is 2. The molecule has 0 saturated carbocycles. The number of anilines is 6. The number of unbranched alkanes of at least 4 members (excludes halogenated alkanes) is 6. The average molecular weight is 1380 g/mol. The van der Waals surface area contributed by atoms with Crippen molar-refractivity contribution in [1.29, 1.82) is 0 Å². The molecule has 11 aromatic rings. The van der Waals surface area contributed by atoms with Crippen molar-refractivity contribution in [3.8, 4) is 66.8 Å². The highest BCUT2D eigenvalue weighted by Gasteiger charge is 2.26. The van der Waals surface area contributed by atoms with E-state index in [-0.39, 0.29) is 11.1 Å². The summed E-state index contributed by atoms with van der Waals surface area (Å²) in [5, 5.41) is 0. The van der Waals surface area contributed by atoms with Crippen LogP contribution >= 0.6 is 0 Å². The molecule has 4 nitrogen and oxygen atoms in total. The van der Waals surface area contributed by atoms with E-state index in [1.165, 1.54) is 161 Å². The predicted octanol–water partition coefficient (Wildman–Crippen LogP) is 28.5. The van der Waals surface area contributed by atoms with Gasteiger partial charge in [0.05, 0.1) is 0 Å². The molecule has 0 atom stereocenters. The number of aryl methyl sites for hydroxylation is 6. The van der Waals surface area contributed by atoms with E-state index in [1.54, 1.807) is 0 Å². The summed E-state index contributed by atoms with van der Waals surface area (Å²) in [7, 11) is 0. The van der Waals surface area contributed by atoms with E-state index in [0.717, 1.165) is 98.3 Å². The fourth-order valence-electron chi connectivity index (χ4n) is 16.1. The van der Waals surface area contributed by atoms with Crippen molar-refractivity contribution in [1.82, 2.24) is 0 Å². The van der Waals surface area contributed by atoms with Gasteiger partial charge >= 0.3 is 0 Å². The maximum Gasteiger partial charge on any atom is 0.0464 e. The fourth-order valence-corrected chi connectivity index (χ4v) is 16.1. The third kappa shape index (κ3) is 17.7. The van der Waals surface area contributed by atoms with E-state index in [1.807, 2.05) is 0 Å². The minimum Gasteiger partial charge on any atom is -0.321 e. The van der Waals surface area contributed by atoms with Gasteiger partial charge in [-0.25, -0.2) is 0 Å². The summed E-state index contributed by atoms with van der Waals surface area (Å²) >= 11 is 0. The highest BCUT2D eigenvalue weighted by Crippen LogP contribution is 2.45. The first-order chi connectivity index (χ1) is 50.3. The summed E-state index contributed by atoms with van der Waals surface area (Å²) in [6, 6.07) is 88.3. The lowest BCUT2D eigenvalue weighted by Crippen LogP contribution is -2.34. The van der Waals surface area contributed by atoms with Crippen LogP contribution in [0.25, 0.3) is 66.8 Å². The zero-order valence-corrected chi connectivity index (χ0v) is 65.5. The molecule has 0 fully saturated rings. The molecule has 0 aliphatic rings. The van der Waals surface area contributed by atoms with Crippen molar-refractivity contribution in [3.05, 3.63) is 286 Å². The summed E-state index contributed by atoms with van der Waals surface area (Å²) in [5.41, 5.74) is 48.2. The van der Waals surface area contributed by atoms with Crippen molar-refractivity contribution in [2.24, 2.45) is 23.3 Å². The van der Waals surface area contributed by atoms with Crippen LogP contribution in [0.2, 0.25) is 0 Å². The maximum atomic E-state index is 6.88. The molecule has 0 heterocycles. The molecule has 0 bridgehead atoms. The highest BCUT2D eigenvalue weighted by atomic mass is 15.1. The molecule has 538 valence electrons. The third-order valence-electron chi connectivity index (χ3n) is 22.5. The first kappa shape index (κ1) is 76.1. The van der Waals surface area contributed by atoms with E-state index in [4.69, 9.17) is 11.5 Å². The van der Waals surface area contributed by atoms with Crippen LogP contribution in [0.3, 0.4) is 0 Å². The molecule has 0 unspecified atom stereocenters. The molecular weight excluding hydrogens is 1260 g/mol. The SMILES string of the molecule is CCCCCCc1cc(-c2ccc(N(c3ccc(-c4ccc(C(N)(CC)CC)cc4)cc3)c3ccc(-c4c(C)cc(CC(C)C)cc4C)cc3)cc2C)c(CCCCCC)cc1-c1ccc(N(c2ccc(-c3ccc(CC(C)C)cc3)cc2)c2ccc(-c3ccc(C(N)(CC)CC)cc3)cc2)cc1C. The molecule has 0 spiro atoms. The molecular formula is C100H118N4. The molecule has 0 aliphatic heterocycles. The fraction of sp³-hybridized carbons (Fsp3) is 0.340. The van der Waals surface area contributed by atoms with Crippen molar-refractivity contribution in [3.63, 3.8) is 0 Å². The Labute approximate surface area is 627 Å². The van der Waals surface area contributed by atoms with Crippen LogP contribution in [0.5, 0.6) is 0 Å². The van der Waals surface area contributed by atoms with Crippen LogP contribution in [0.15, 0.2) is 231 Å². The van der Waals surface area contributed by atoms with Crippen molar-refractivity contribution in [2.75, 3.05) is 9.80 Å². The smallest absolute Gasteiger partial charge is 0.0464 e. The largest absolute Gasteiger partial charge is 0.321 e. The average Bonchev–Trinajstić information content (AvgIpc) is 0.822. The maximum absolute atomic E-state index is 6.88. The van der Waals surface area contributed by atoms with E-state index in [0.29, 0.717) is 11.8 Å². The van der Waals surface area contributed by atoms with E-state index in [9.17, 15) is 0 Å². The minimum atomic E-state index is -0.321. The van der Waals surface area contributed by atoms with Gasteiger partial charge < -0.3 is 21.3 Å². The van der Waals surface area contributed by atoms with Crippen LogP contribution in [-0.4, -0.2) is 0 Å². The monoisotopic (exact) mass is 1370 g/mol. The van der Waals surface area contributed by atoms with Gasteiger partial charge in [-0.3, -0.25) is 0 Å². The molecule has 4 heteroatoms. The van der Waals surface area contributed by atoms with Gasteiger partial charge in [-0.05, 0) is 299 Å². The molecule has 104 heavy (non-hydrogen) atoms. The number of hydrogen-bond acceptors (Lipinski definition) is 4. The zero-order valence-electron chi connectivity index (χ0n) is 65.5. The van der Waals surface area contributed by atoms with Crippen LogP contribution in [0, 0.1) is 39.5 Å². The second-order valence-corrected chi connectivity index (χ2v) is 31.0.